The number of rotatable bonds is 3. The Hall–Kier alpha value is -2.14. The average molecular weight is 354 g/mol. The van der Waals surface area contributed by atoms with Gasteiger partial charge in [-0.2, -0.15) is 0 Å². The molecule has 0 saturated carbocycles. The van der Waals surface area contributed by atoms with Gasteiger partial charge in [0.2, 0.25) is 5.91 Å². The summed E-state index contributed by atoms with van der Waals surface area (Å²) in [6, 6.07) is 9.98. The van der Waals surface area contributed by atoms with Crippen molar-refractivity contribution < 1.29 is 9.59 Å². The van der Waals surface area contributed by atoms with E-state index in [1.54, 1.807) is 0 Å². The number of hydrogen-bond acceptors (Lipinski definition) is 3. The summed E-state index contributed by atoms with van der Waals surface area (Å²) in [6.45, 7) is 1.24. The van der Waals surface area contributed by atoms with Gasteiger partial charge in [-0.05, 0) is 66.8 Å². The van der Waals surface area contributed by atoms with Gasteiger partial charge >= 0.3 is 0 Å². The smallest absolute Gasteiger partial charge is 0.263 e. The lowest BCUT2D eigenvalue weighted by molar-refractivity contribution is -0.121. The van der Waals surface area contributed by atoms with Crippen LogP contribution in [0.1, 0.15) is 40.1 Å². The number of nitrogens with zero attached hydrogens (tertiary/aromatic N) is 1. The molecule has 1 atom stereocenters. The third-order valence-corrected chi connectivity index (χ3v) is 6.04. The number of hydrogen-bond donors (Lipinski definition) is 1. The molecule has 2 heterocycles. The van der Waals surface area contributed by atoms with Gasteiger partial charge in [0.25, 0.3) is 5.91 Å². The van der Waals surface area contributed by atoms with Crippen LogP contribution < -0.4 is 5.32 Å². The fourth-order valence-electron chi connectivity index (χ4n) is 3.83. The Morgan fingerprint density at radius 2 is 2.00 bits per heavy atom. The molecule has 130 valence electrons. The highest BCUT2D eigenvalue weighted by molar-refractivity contribution is 7.12. The molecule has 2 aromatic rings. The maximum absolute atomic E-state index is 12.7. The highest BCUT2D eigenvalue weighted by atomic mass is 32.1. The second-order valence-electron chi connectivity index (χ2n) is 6.89. The van der Waals surface area contributed by atoms with E-state index in [4.69, 9.17) is 0 Å². The molecule has 25 heavy (non-hydrogen) atoms. The molecule has 1 aromatic heterocycles. The number of aryl methyl sites for hydroxylation is 2. The Bertz CT molecular complexity index is 785. The van der Waals surface area contributed by atoms with Gasteiger partial charge in [-0.3, -0.25) is 9.59 Å². The Kier molecular flexibility index (Phi) is 4.57. The van der Waals surface area contributed by atoms with E-state index < -0.39 is 0 Å². The van der Waals surface area contributed by atoms with Crippen LogP contribution >= 0.6 is 11.3 Å². The van der Waals surface area contributed by atoms with Crippen LogP contribution in [-0.2, 0) is 17.6 Å². The summed E-state index contributed by atoms with van der Waals surface area (Å²) in [6.07, 6.45) is 5.16. The van der Waals surface area contributed by atoms with Crippen molar-refractivity contribution in [3.8, 4) is 0 Å². The number of likely N-dealkylation sites (tertiary alicyclic amines) is 1. The molecule has 2 aliphatic rings. The molecule has 2 amide bonds. The Morgan fingerprint density at radius 1 is 1.12 bits per heavy atom. The van der Waals surface area contributed by atoms with E-state index in [9.17, 15) is 9.59 Å². The number of carbonyl (C=O) groups is 2. The minimum atomic E-state index is -0.133. The number of fused-ring (bicyclic) bond motifs is 1. The van der Waals surface area contributed by atoms with Crippen molar-refractivity contribution in [2.24, 2.45) is 5.92 Å². The molecular weight excluding hydrogens is 332 g/mol. The standard InChI is InChI=1S/C20H22N2O2S/c23-19(21-17-9-8-14-4-1-5-15(14)12-17)16-6-2-10-22(13-16)20(24)18-7-3-11-25-18/h3,7-9,11-12,16H,1-2,4-6,10,13H2,(H,21,23). The van der Waals surface area contributed by atoms with Gasteiger partial charge in [0.1, 0.15) is 0 Å². The largest absolute Gasteiger partial charge is 0.337 e. The van der Waals surface area contributed by atoms with E-state index in [0.717, 1.165) is 42.8 Å². The number of anilines is 1. The van der Waals surface area contributed by atoms with Crippen LogP contribution in [-0.4, -0.2) is 29.8 Å². The summed E-state index contributed by atoms with van der Waals surface area (Å²) in [7, 11) is 0. The van der Waals surface area contributed by atoms with E-state index in [1.807, 2.05) is 28.5 Å². The third-order valence-electron chi connectivity index (χ3n) is 5.18. The van der Waals surface area contributed by atoms with E-state index in [-0.39, 0.29) is 17.7 Å². The van der Waals surface area contributed by atoms with Crippen molar-refractivity contribution in [3.63, 3.8) is 0 Å². The van der Waals surface area contributed by atoms with Crippen LogP contribution in [0.5, 0.6) is 0 Å². The van der Waals surface area contributed by atoms with Gasteiger partial charge < -0.3 is 10.2 Å². The zero-order chi connectivity index (χ0) is 17.2. The summed E-state index contributed by atoms with van der Waals surface area (Å²) < 4.78 is 0. The van der Waals surface area contributed by atoms with Crippen molar-refractivity contribution in [2.75, 3.05) is 18.4 Å². The lowest BCUT2D eigenvalue weighted by atomic mass is 9.96. The minimum absolute atomic E-state index is 0.0293. The highest BCUT2D eigenvalue weighted by Gasteiger charge is 2.29. The Labute approximate surface area is 151 Å². The van der Waals surface area contributed by atoms with Crippen LogP contribution in [0.3, 0.4) is 0 Å². The first-order valence-corrected chi connectivity index (χ1v) is 9.84. The molecule has 4 rings (SSSR count). The number of nitrogens with one attached hydrogen (secondary N) is 1. The first-order valence-electron chi connectivity index (χ1n) is 8.96. The second kappa shape index (κ2) is 7.00. The lowest BCUT2D eigenvalue weighted by Gasteiger charge is -2.31. The van der Waals surface area contributed by atoms with Crippen molar-refractivity contribution >= 4 is 28.8 Å². The van der Waals surface area contributed by atoms with E-state index in [0.29, 0.717) is 6.54 Å². The Balaban J connectivity index is 1.41. The van der Waals surface area contributed by atoms with Gasteiger partial charge in [0.15, 0.2) is 0 Å². The van der Waals surface area contributed by atoms with E-state index >= 15 is 0 Å². The molecule has 1 N–H and O–H groups in total. The van der Waals surface area contributed by atoms with Gasteiger partial charge in [0, 0.05) is 18.8 Å². The van der Waals surface area contributed by atoms with Crippen molar-refractivity contribution in [1.29, 1.82) is 0 Å². The first kappa shape index (κ1) is 16.3. The molecule has 5 heteroatoms. The van der Waals surface area contributed by atoms with Crippen LogP contribution in [0.2, 0.25) is 0 Å². The number of benzene rings is 1. The molecular formula is C20H22N2O2S. The summed E-state index contributed by atoms with van der Waals surface area (Å²) in [5, 5.41) is 4.97. The van der Waals surface area contributed by atoms with Crippen LogP contribution in [0.15, 0.2) is 35.7 Å². The predicted octanol–water partition coefficient (Wildman–Crippen LogP) is 3.73. The number of piperidine rings is 1. The van der Waals surface area contributed by atoms with Crippen LogP contribution in [0.25, 0.3) is 0 Å². The molecule has 1 aromatic carbocycles. The lowest BCUT2D eigenvalue weighted by Crippen LogP contribution is -2.43. The molecule has 1 fully saturated rings. The third kappa shape index (κ3) is 3.47. The SMILES string of the molecule is O=C(Nc1ccc2c(c1)CCC2)C1CCCN(C(=O)c2cccs2)C1. The van der Waals surface area contributed by atoms with Crippen molar-refractivity contribution in [2.45, 2.75) is 32.1 Å². The molecule has 0 radical (unpaired) electrons. The van der Waals surface area contributed by atoms with Gasteiger partial charge in [-0.25, -0.2) is 0 Å². The molecule has 1 saturated heterocycles. The predicted molar refractivity (Wildman–Crippen MR) is 100 cm³/mol. The number of amides is 2. The van der Waals surface area contributed by atoms with Crippen molar-refractivity contribution in [1.82, 2.24) is 4.90 Å². The van der Waals surface area contributed by atoms with E-state index in [2.05, 4.69) is 17.4 Å². The molecule has 0 spiro atoms. The van der Waals surface area contributed by atoms with Crippen LogP contribution in [0, 0.1) is 5.92 Å². The first-order chi connectivity index (χ1) is 12.2. The summed E-state index contributed by atoms with van der Waals surface area (Å²) in [5.74, 6) is -0.0578. The monoisotopic (exact) mass is 354 g/mol. The zero-order valence-electron chi connectivity index (χ0n) is 14.2. The number of carbonyl (C=O) groups excluding carboxylic acids is 2. The maximum Gasteiger partial charge on any atom is 0.263 e. The number of thiophene rings is 1. The van der Waals surface area contributed by atoms with Crippen LogP contribution in [0.4, 0.5) is 5.69 Å². The van der Waals surface area contributed by atoms with Gasteiger partial charge in [0.05, 0.1) is 10.8 Å². The zero-order valence-corrected chi connectivity index (χ0v) is 15.0. The molecule has 1 aliphatic heterocycles. The molecule has 1 aliphatic carbocycles. The van der Waals surface area contributed by atoms with Gasteiger partial charge in [-0.1, -0.05) is 12.1 Å². The summed E-state index contributed by atoms with van der Waals surface area (Å²) >= 11 is 1.46. The quantitative estimate of drug-likeness (QED) is 0.913. The fraction of sp³-hybridized carbons (Fsp3) is 0.400. The maximum atomic E-state index is 12.7. The highest BCUT2D eigenvalue weighted by Crippen LogP contribution is 2.26. The molecule has 0 bridgehead atoms. The molecule has 1 unspecified atom stereocenters. The average Bonchev–Trinajstić information content (AvgIpc) is 3.32. The minimum Gasteiger partial charge on any atom is -0.337 e. The summed E-state index contributed by atoms with van der Waals surface area (Å²) in [5.41, 5.74) is 3.65. The normalized spacial score (nSPS) is 19.5. The topological polar surface area (TPSA) is 49.4 Å². The van der Waals surface area contributed by atoms with Gasteiger partial charge in [-0.15, -0.1) is 11.3 Å². The Morgan fingerprint density at radius 3 is 2.84 bits per heavy atom. The fourth-order valence-corrected chi connectivity index (χ4v) is 4.52. The van der Waals surface area contributed by atoms with Crippen molar-refractivity contribution in [3.05, 3.63) is 51.7 Å². The molecule has 4 nitrogen and oxygen atoms in total. The second-order valence-corrected chi connectivity index (χ2v) is 7.84. The summed E-state index contributed by atoms with van der Waals surface area (Å²) in [4.78, 5) is 27.8. The van der Waals surface area contributed by atoms with E-state index in [1.165, 1.54) is 28.9 Å².